The Morgan fingerprint density at radius 3 is 2.65 bits per heavy atom. The average Bonchev–Trinajstić information content (AvgIpc) is 2.29. The summed E-state index contributed by atoms with van der Waals surface area (Å²) >= 11 is 5.81. The van der Waals surface area contributed by atoms with E-state index in [-0.39, 0.29) is 5.82 Å². The Bertz CT molecular complexity index is 555. The van der Waals surface area contributed by atoms with Crippen molar-refractivity contribution in [2.24, 2.45) is 0 Å². The van der Waals surface area contributed by atoms with Gasteiger partial charge in [0.15, 0.2) is 0 Å². The third kappa shape index (κ3) is 2.68. The van der Waals surface area contributed by atoms with Crippen LogP contribution in [0.5, 0.6) is 0 Å². The Balaban J connectivity index is 2.31. The Labute approximate surface area is 104 Å². The summed E-state index contributed by atoms with van der Waals surface area (Å²) in [4.78, 5) is 0. The predicted molar refractivity (Wildman–Crippen MR) is 70.3 cm³/mol. The highest BCUT2D eigenvalue weighted by Crippen LogP contribution is 2.25. The van der Waals surface area contributed by atoms with Crippen LogP contribution < -0.4 is 11.1 Å². The van der Waals surface area contributed by atoms with Crippen molar-refractivity contribution < 1.29 is 4.39 Å². The smallest absolute Gasteiger partial charge is 0.146 e. The maximum Gasteiger partial charge on any atom is 0.146 e. The molecule has 0 bridgehead atoms. The van der Waals surface area contributed by atoms with Crippen molar-refractivity contribution in [3.63, 3.8) is 0 Å². The molecule has 2 rings (SSSR count). The van der Waals surface area contributed by atoms with Gasteiger partial charge in [0.1, 0.15) is 5.82 Å². The van der Waals surface area contributed by atoms with E-state index in [1.54, 1.807) is 6.07 Å². The van der Waals surface area contributed by atoms with Gasteiger partial charge in [-0.15, -0.1) is 0 Å². The molecule has 4 heteroatoms. The molecule has 0 radical (unpaired) electrons. The van der Waals surface area contributed by atoms with Crippen LogP contribution in [0.3, 0.4) is 0 Å². The number of rotatable bonds is 2. The number of hydrogen-bond acceptors (Lipinski definition) is 2. The van der Waals surface area contributed by atoms with Crippen molar-refractivity contribution in [3.05, 3.63) is 52.8 Å². The van der Waals surface area contributed by atoms with Crippen LogP contribution in [-0.4, -0.2) is 0 Å². The highest BCUT2D eigenvalue weighted by molar-refractivity contribution is 6.30. The zero-order valence-electron chi connectivity index (χ0n) is 9.30. The Morgan fingerprint density at radius 2 is 1.94 bits per heavy atom. The van der Waals surface area contributed by atoms with Gasteiger partial charge in [0.25, 0.3) is 0 Å². The maximum atomic E-state index is 13.5. The van der Waals surface area contributed by atoms with Crippen LogP contribution in [0.1, 0.15) is 5.56 Å². The van der Waals surface area contributed by atoms with E-state index in [0.717, 1.165) is 11.3 Å². The van der Waals surface area contributed by atoms with E-state index >= 15 is 0 Å². The Kier molecular flexibility index (Phi) is 3.20. The molecule has 0 saturated carbocycles. The van der Waals surface area contributed by atoms with Crippen LogP contribution in [0, 0.1) is 12.7 Å². The fraction of sp³-hybridized carbons (Fsp3) is 0.0769. The molecular weight excluding hydrogens is 239 g/mol. The topological polar surface area (TPSA) is 38.0 Å². The Hall–Kier alpha value is -1.74. The van der Waals surface area contributed by atoms with Gasteiger partial charge in [-0.25, -0.2) is 4.39 Å². The molecule has 0 amide bonds. The summed E-state index contributed by atoms with van der Waals surface area (Å²) in [5.74, 6) is -0.353. The summed E-state index contributed by atoms with van der Waals surface area (Å²) in [6, 6.07) is 9.84. The van der Waals surface area contributed by atoms with Crippen LogP contribution in [0.2, 0.25) is 5.02 Å². The van der Waals surface area contributed by atoms with Crippen molar-refractivity contribution in [2.75, 3.05) is 11.1 Å². The zero-order chi connectivity index (χ0) is 12.4. The van der Waals surface area contributed by atoms with Gasteiger partial charge in [-0.2, -0.15) is 0 Å². The monoisotopic (exact) mass is 250 g/mol. The number of halogens is 2. The molecule has 0 aliphatic rings. The van der Waals surface area contributed by atoms with Crippen molar-refractivity contribution in [1.82, 2.24) is 0 Å². The van der Waals surface area contributed by atoms with Gasteiger partial charge in [-0.05, 0) is 42.8 Å². The first-order valence-corrected chi connectivity index (χ1v) is 5.52. The van der Waals surface area contributed by atoms with Gasteiger partial charge in [0.2, 0.25) is 0 Å². The summed E-state index contributed by atoms with van der Waals surface area (Å²) in [5, 5.41) is 3.42. The van der Waals surface area contributed by atoms with E-state index in [4.69, 9.17) is 17.3 Å². The number of anilines is 3. The molecule has 0 fully saturated rings. The highest BCUT2D eigenvalue weighted by atomic mass is 35.5. The molecule has 0 spiro atoms. The summed E-state index contributed by atoms with van der Waals surface area (Å²) in [6.45, 7) is 1.92. The van der Waals surface area contributed by atoms with Gasteiger partial charge >= 0.3 is 0 Å². The fourth-order valence-electron chi connectivity index (χ4n) is 1.47. The molecule has 2 nitrogen and oxygen atoms in total. The molecular formula is C13H12ClFN2. The fourth-order valence-corrected chi connectivity index (χ4v) is 1.64. The van der Waals surface area contributed by atoms with Gasteiger partial charge in [0.05, 0.1) is 5.69 Å². The quantitative estimate of drug-likeness (QED) is 0.787. The van der Waals surface area contributed by atoms with Crippen molar-refractivity contribution >= 4 is 28.7 Å². The van der Waals surface area contributed by atoms with Gasteiger partial charge in [-0.3, -0.25) is 0 Å². The maximum absolute atomic E-state index is 13.5. The molecule has 2 aromatic rings. The molecule has 3 N–H and O–H groups in total. The molecule has 17 heavy (non-hydrogen) atoms. The number of benzene rings is 2. The van der Waals surface area contributed by atoms with Crippen molar-refractivity contribution in [3.8, 4) is 0 Å². The molecule has 88 valence electrons. The first-order chi connectivity index (χ1) is 8.06. The van der Waals surface area contributed by atoms with Crippen LogP contribution in [0.4, 0.5) is 21.5 Å². The van der Waals surface area contributed by atoms with E-state index < -0.39 is 0 Å². The van der Waals surface area contributed by atoms with Crippen LogP contribution in [0.15, 0.2) is 36.4 Å². The normalized spacial score (nSPS) is 10.3. The van der Waals surface area contributed by atoms with Crippen molar-refractivity contribution in [2.45, 2.75) is 6.92 Å². The first-order valence-electron chi connectivity index (χ1n) is 5.14. The number of nitrogen functional groups attached to an aromatic ring is 1. The first kappa shape index (κ1) is 11.7. The lowest BCUT2D eigenvalue weighted by molar-refractivity contribution is 0.632. The zero-order valence-corrected chi connectivity index (χ0v) is 10.1. The van der Waals surface area contributed by atoms with E-state index in [2.05, 4.69) is 5.32 Å². The van der Waals surface area contributed by atoms with E-state index in [1.165, 1.54) is 18.2 Å². The molecule has 2 aromatic carbocycles. The molecule has 0 unspecified atom stereocenters. The molecule has 0 saturated heterocycles. The SMILES string of the molecule is Cc1ccc(Nc2cc(Cl)ccc2F)cc1N. The van der Waals surface area contributed by atoms with Crippen molar-refractivity contribution in [1.29, 1.82) is 0 Å². The summed E-state index contributed by atoms with van der Waals surface area (Å²) in [5.41, 5.74) is 8.50. The number of hydrogen-bond donors (Lipinski definition) is 2. The average molecular weight is 251 g/mol. The minimum absolute atomic E-state index is 0.334. The highest BCUT2D eigenvalue weighted by Gasteiger charge is 2.04. The second-order valence-corrected chi connectivity index (χ2v) is 4.26. The second kappa shape index (κ2) is 4.63. The van der Waals surface area contributed by atoms with Gasteiger partial charge in [-0.1, -0.05) is 17.7 Å². The number of aryl methyl sites for hydroxylation is 1. The van der Waals surface area contributed by atoms with E-state index in [0.29, 0.717) is 16.4 Å². The van der Waals surface area contributed by atoms with Crippen LogP contribution in [0.25, 0.3) is 0 Å². The third-order valence-corrected chi connectivity index (χ3v) is 2.72. The van der Waals surface area contributed by atoms with E-state index in [9.17, 15) is 4.39 Å². The summed E-state index contributed by atoms with van der Waals surface area (Å²) in [6.07, 6.45) is 0. The lowest BCUT2D eigenvalue weighted by Gasteiger charge is -2.09. The minimum Gasteiger partial charge on any atom is -0.398 e. The molecule has 0 heterocycles. The van der Waals surface area contributed by atoms with Crippen LogP contribution in [-0.2, 0) is 0 Å². The van der Waals surface area contributed by atoms with Gasteiger partial charge in [0, 0.05) is 16.4 Å². The lowest BCUT2D eigenvalue weighted by Crippen LogP contribution is -1.96. The van der Waals surface area contributed by atoms with Crippen LogP contribution >= 0.6 is 11.6 Å². The lowest BCUT2D eigenvalue weighted by atomic mass is 10.2. The largest absolute Gasteiger partial charge is 0.398 e. The predicted octanol–water partition coefficient (Wildman–Crippen LogP) is 4.11. The minimum atomic E-state index is -0.353. The summed E-state index contributed by atoms with van der Waals surface area (Å²) in [7, 11) is 0. The van der Waals surface area contributed by atoms with Gasteiger partial charge < -0.3 is 11.1 Å². The number of nitrogens with two attached hydrogens (primary N) is 1. The molecule has 0 aromatic heterocycles. The molecule has 0 atom stereocenters. The molecule has 0 aliphatic heterocycles. The standard InChI is InChI=1S/C13H12ClFN2/c1-8-2-4-10(7-12(8)16)17-13-6-9(14)3-5-11(13)15/h2-7,17H,16H2,1H3. The Morgan fingerprint density at radius 1 is 1.18 bits per heavy atom. The number of nitrogens with one attached hydrogen (secondary N) is 1. The molecule has 0 aliphatic carbocycles. The summed E-state index contributed by atoms with van der Waals surface area (Å²) < 4.78 is 13.5. The van der Waals surface area contributed by atoms with E-state index in [1.807, 2.05) is 19.1 Å². The third-order valence-electron chi connectivity index (χ3n) is 2.49. The second-order valence-electron chi connectivity index (χ2n) is 3.82.